The molecule has 7 heteroatoms. The Morgan fingerprint density at radius 2 is 1.96 bits per heavy atom. The largest absolute Gasteiger partial charge is 0.490 e. The number of ether oxygens (including phenoxy) is 2. The van der Waals surface area contributed by atoms with Gasteiger partial charge in [-0.15, -0.1) is 0 Å². The molecule has 0 saturated carbocycles. The second kappa shape index (κ2) is 7.99. The molecule has 0 spiro atoms. The van der Waals surface area contributed by atoms with E-state index in [1.165, 1.54) is 0 Å². The zero-order valence-corrected chi connectivity index (χ0v) is 14.9. The van der Waals surface area contributed by atoms with E-state index in [1.54, 1.807) is 25.1 Å². The Hall–Kier alpha value is -2.30. The van der Waals surface area contributed by atoms with Gasteiger partial charge in [0, 0.05) is 21.3 Å². The fraction of sp³-hybridized carbons (Fsp3) is 0.294. The van der Waals surface area contributed by atoms with Crippen molar-refractivity contribution >= 4 is 15.9 Å². The van der Waals surface area contributed by atoms with Crippen molar-refractivity contribution in [1.82, 2.24) is 4.98 Å². The van der Waals surface area contributed by atoms with E-state index in [1.807, 2.05) is 13.0 Å². The van der Waals surface area contributed by atoms with Crippen molar-refractivity contribution in [3.05, 3.63) is 44.3 Å². The molecule has 1 aromatic heterocycles. The van der Waals surface area contributed by atoms with Crippen molar-refractivity contribution in [2.75, 3.05) is 19.8 Å². The maximum absolute atomic E-state index is 12.0. The molecule has 0 fully saturated rings. The van der Waals surface area contributed by atoms with Crippen molar-refractivity contribution < 1.29 is 14.6 Å². The molecule has 2 rings (SSSR count). The van der Waals surface area contributed by atoms with Gasteiger partial charge in [-0.1, -0.05) is 15.9 Å². The van der Waals surface area contributed by atoms with Crippen LogP contribution in [0.15, 0.2) is 27.5 Å². The summed E-state index contributed by atoms with van der Waals surface area (Å²) in [5.74, 6) is 0.951. The summed E-state index contributed by atoms with van der Waals surface area (Å²) in [4.78, 5) is 14.6. The monoisotopic (exact) mass is 392 g/mol. The third-order valence-electron chi connectivity index (χ3n) is 3.25. The number of H-pyrrole nitrogens is 1. The summed E-state index contributed by atoms with van der Waals surface area (Å²) in [6, 6.07) is 7.11. The van der Waals surface area contributed by atoms with Crippen molar-refractivity contribution in [3.8, 4) is 28.7 Å². The van der Waals surface area contributed by atoms with Crippen LogP contribution in [0.3, 0.4) is 0 Å². The second-order valence-electron chi connectivity index (χ2n) is 4.97. The molecule has 6 nitrogen and oxygen atoms in total. The minimum atomic E-state index is -0.432. The first-order chi connectivity index (χ1) is 11.5. The van der Waals surface area contributed by atoms with E-state index in [2.05, 4.69) is 20.9 Å². The van der Waals surface area contributed by atoms with Crippen LogP contribution in [0.2, 0.25) is 0 Å². The number of halogens is 1. The lowest BCUT2D eigenvalue weighted by Crippen LogP contribution is -2.13. The van der Waals surface area contributed by atoms with E-state index < -0.39 is 5.56 Å². The summed E-state index contributed by atoms with van der Waals surface area (Å²) < 4.78 is 11.7. The molecule has 2 aromatic rings. The third-order valence-corrected chi connectivity index (χ3v) is 3.91. The summed E-state index contributed by atoms with van der Waals surface area (Å²) in [6.45, 7) is 4.05. The highest BCUT2D eigenvalue weighted by molar-refractivity contribution is 9.10. The number of nitriles is 1. The molecule has 0 radical (unpaired) electrons. The van der Waals surface area contributed by atoms with Gasteiger partial charge in [-0.3, -0.25) is 4.79 Å². The second-order valence-corrected chi connectivity index (χ2v) is 5.82. The first-order valence-electron chi connectivity index (χ1n) is 7.36. The molecule has 0 aliphatic heterocycles. The minimum absolute atomic E-state index is 0.0350. The average molecular weight is 393 g/mol. The van der Waals surface area contributed by atoms with Gasteiger partial charge in [0.05, 0.1) is 13.2 Å². The van der Waals surface area contributed by atoms with Gasteiger partial charge in [0.25, 0.3) is 5.56 Å². The molecule has 0 amide bonds. The van der Waals surface area contributed by atoms with Gasteiger partial charge < -0.3 is 19.6 Å². The summed E-state index contributed by atoms with van der Waals surface area (Å²) in [6.07, 6.45) is 0. The van der Waals surface area contributed by atoms with Crippen LogP contribution >= 0.6 is 15.9 Å². The topological polar surface area (TPSA) is 95.3 Å². The van der Waals surface area contributed by atoms with Crippen LogP contribution in [0.1, 0.15) is 18.2 Å². The van der Waals surface area contributed by atoms with Crippen molar-refractivity contribution in [1.29, 1.82) is 5.26 Å². The lowest BCUT2D eigenvalue weighted by atomic mass is 10.0. The molecular weight excluding hydrogens is 376 g/mol. The number of aromatic amines is 1. The Morgan fingerprint density at radius 3 is 2.58 bits per heavy atom. The number of pyridine rings is 1. The highest BCUT2D eigenvalue weighted by atomic mass is 79.9. The third kappa shape index (κ3) is 3.78. The maximum Gasteiger partial charge on any atom is 0.266 e. The molecule has 2 N–H and O–H groups in total. The summed E-state index contributed by atoms with van der Waals surface area (Å²) in [5, 5.41) is 18.2. The molecule has 0 bridgehead atoms. The summed E-state index contributed by atoms with van der Waals surface area (Å²) in [5.41, 5.74) is 1.42. The highest BCUT2D eigenvalue weighted by Crippen LogP contribution is 2.39. The van der Waals surface area contributed by atoms with E-state index in [9.17, 15) is 10.1 Å². The lowest BCUT2D eigenvalue weighted by Gasteiger charge is -2.15. The number of rotatable bonds is 6. The smallest absolute Gasteiger partial charge is 0.266 e. The Bertz CT molecular complexity index is 840. The predicted molar refractivity (Wildman–Crippen MR) is 93.4 cm³/mol. The zero-order valence-electron chi connectivity index (χ0n) is 13.4. The number of hydrogen-bond acceptors (Lipinski definition) is 5. The van der Waals surface area contributed by atoms with Gasteiger partial charge >= 0.3 is 0 Å². The lowest BCUT2D eigenvalue weighted by molar-refractivity contribution is 0.194. The molecule has 126 valence electrons. The van der Waals surface area contributed by atoms with E-state index in [-0.39, 0.29) is 18.8 Å². The summed E-state index contributed by atoms with van der Waals surface area (Å²) >= 11 is 3.45. The number of aliphatic hydroxyl groups excluding tert-OH is 1. The standard InChI is InChI=1S/C17H17BrN2O4/c1-3-23-15-7-12(14(18)8-16(15)24-5-4-21)11-6-10(2)20-17(22)13(11)9-19/h6-8,21H,3-5H2,1-2H3,(H,20,22). The normalized spacial score (nSPS) is 10.3. The van der Waals surface area contributed by atoms with Gasteiger partial charge in [-0.2, -0.15) is 5.26 Å². The van der Waals surface area contributed by atoms with Gasteiger partial charge in [0.2, 0.25) is 0 Å². The fourth-order valence-corrected chi connectivity index (χ4v) is 2.83. The number of nitrogens with one attached hydrogen (secondary N) is 1. The average Bonchev–Trinajstić information content (AvgIpc) is 2.54. The Labute approximate surface area is 147 Å². The fourth-order valence-electron chi connectivity index (χ4n) is 2.29. The van der Waals surface area contributed by atoms with E-state index in [4.69, 9.17) is 14.6 Å². The van der Waals surface area contributed by atoms with Crippen molar-refractivity contribution in [3.63, 3.8) is 0 Å². The van der Waals surface area contributed by atoms with Gasteiger partial charge in [-0.25, -0.2) is 0 Å². The molecule has 1 aromatic carbocycles. The molecule has 0 aliphatic rings. The minimum Gasteiger partial charge on any atom is -0.490 e. The SMILES string of the molecule is CCOc1cc(-c2cc(C)[nH]c(=O)c2C#N)c(Br)cc1OCCO. The number of aromatic nitrogens is 1. The van der Waals surface area contributed by atoms with Crippen LogP contribution in [-0.2, 0) is 0 Å². The maximum atomic E-state index is 12.0. The van der Waals surface area contributed by atoms with Crippen LogP contribution in [0.4, 0.5) is 0 Å². The predicted octanol–water partition coefficient (Wildman–Crippen LogP) is 2.75. The number of nitrogens with zero attached hydrogens (tertiary/aromatic N) is 1. The molecule has 0 saturated heterocycles. The van der Waals surface area contributed by atoms with Gasteiger partial charge in [0.1, 0.15) is 18.2 Å². The van der Waals surface area contributed by atoms with Crippen LogP contribution in [-0.4, -0.2) is 29.9 Å². The van der Waals surface area contributed by atoms with E-state index in [0.717, 1.165) is 0 Å². The number of aliphatic hydroxyl groups is 1. The van der Waals surface area contributed by atoms with Gasteiger partial charge in [-0.05, 0) is 32.0 Å². The van der Waals surface area contributed by atoms with Crippen molar-refractivity contribution in [2.45, 2.75) is 13.8 Å². The number of benzene rings is 1. The van der Waals surface area contributed by atoms with Crippen LogP contribution in [0.25, 0.3) is 11.1 Å². The zero-order chi connectivity index (χ0) is 17.7. The van der Waals surface area contributed by atoms with Gasteiger partial charge in [0.15, 0.2) is 11.5 Å². The molecular formula is C17H17BrN2O4. The molecule has 0 atom stereocenters. The Balaban J connectivity index is 2.66. The molecule has 24 heavy (non-hydrogen) atoms. The Morgan fingerprint density at radius 1 is 1.25 bits per heavy atom. The first-order valence-corrected chi connectivity index (χ1v) is 8.15. The quantitative estimate of drug-likeness (QED) is 0.787. The van der Waals surface area contributed by atoms with E-state index in [0.29, 0.717) is 39.4 Å². The van der Waals surface area contributed by atoms with Crippen LogP contribution < -0.4 is 15.0 Å². The molecule has 1 heterocycles. The van der Waals surface area contributed by atoms with Crippen LogP contribution in [0.5, 0.6) is 11.5 Å². The molecule has 0 unspecified atom stereocenters. The highest BCUT2D eigenvalue weighted by Gasteiger charge is 2.17. The van der Waals surface area contributed by atoms with E-state index >= 15 is 0 Å². The number of hydrogen-bond donors (Lipinski definition) is 2. The molecule has 0 aliphatic carbocycles. The number of aryl methyl sites for hydroxylation is 1. The Kier molecular flexibility index (Phi) is 6.01. The van der Waals surface area contributed by atoms with Crippen molar-refractivity contribution in [2.24, 2.45) is 0 Å². The summed E-state index contributed by atoms with van der Waals surface area (Å²) in [7, 11) is 0. The first kappa shape index (κ1) is 18.0. The van der Waals surface area contributed by atoms with Crippen LogP contribution in [0, 0.1) is 18.3 Å².